The summed E-state index contributed by atoms with van der Waals surface area (Å²) in [5.41, 5.74) is 0. The summed E-state index contributed by atoms with van der Waals surface area (Å²) in [6.07, 6.45) is 0. The molecule has 6 nitrogen and oxygen atoms in total. The highest BCUT2D eigenvalue weighted by Crippen LogP contribution is 2.07. The summed E-state index contributed by atoms with van der Waals surface area (Å²) in [6, 6.07) is 2.30. The Labute approximate surface area is 66.5 Å². The van der Waals surface area contributed by atoms with Crippen LogP contribution in [0, 0.1) is 0 Å². The average molecular weight is 171 g/mol. The lowest BCUT2D eigenvalue weighted by Crippen LogP contribution is -2.08. The van der Waals surface area contributed by atoms with E-state index >= 15 is 0 Å². The number of furan rings is 1. The fourth-order valence-corrected chi connectivity index (χ4v) is 0.621. The molecule has 0 aliphatic carbocycles. The number of carboxylic acids is 1. The van der Waals surface area contributed by atoms with Crippen molar-refractivity contribution in [1.82, 2.24) is 0 Å². The number of carbonyl (C=O) groups excluding carboxylic acids is 1. The van der Waals surface area contributed by atoms with Gasteiger partial charge in [0, 0.05) is 0 Å². The molecule has 0 aliphatic rings. The highest BCUT2D eigenvalue weighted by molar-refractivity contribution is 5.89. The van der Waals surface area contributed by atoms with Crippen molar-refractivity contribution < 1.29 is 24.0 Å². The average Bonchev–Trinajstić information content (AvgIpc) is 2.51. The van der Waals surface area contributed by atoms with Gasteiger partial charge in [-0.25, -0.2) is 9.59 Å². The zero-order valence-electron chi connectivity index (χ0n) is 5.81. The predicted molar refractivity (Wildman–Crippen MR) is 35.3 cm³/mol. The van der Waals surface area contributed by atoms with Crippen LogP contribution in [0.4, 0.5) is 0 Å². The second-order valence-electron chi connectivity index (χ2n) is 1.87. The summed E-state index contributed by atoms with van der Waals surface area (Å²) in [6.45, 7) is 0. The molecule has 3 N–H and O–H groups in total. The predicted octanol–water partition coefficient (Wildman–Crippen LogP) is 0.00830. The van der Waals surface area contributed by atoms with Gasteiger partial charge in [-0.1, -0.05) is 0 Å². The van der Waals surface area contributed by atoms with Gasteiger partial charge in [-0.2, -0.15) is 5.90 Å². The Bertz CT molecular complexity index is 315. The van der Waals surface area contributed by atoms with Crippen LogP contribution in [-0.4, -0.2) is 17.0 Å². The van der Waals surface area contributed by atoms with Crippen LogP contribution >= 0.6 is 0 Å². The molecule has 0 spiro atoms. The van der Waals surface area contributed by atoms with Gasteiger partial charge in [-0.05, 0) is 12.1 Å². The topological polar surface area (TPSA) is 103 Å². The summed E-state index contributed by atoms with van der Waals surface area (Å²) >= 11 is 0. The summed E-state index contributed by atoms with van der Waals surface area (Å²) in [7, 11) is 0. The summed E-state index contributed by atoms with van der Waals surface area (Å²) < 4.78 is 4.54. The number of aromatic carboxylic acids is 1. The van der Waals surface area contributed by atoms with Crippen molar-refractivity contribution in [2.75, 3.05) is 0 Å². The van der Waals surface area contributed by atoms with Crippen LogP contribution in [-0.2, 0) is 4.84 Å². The first-order valence-corrected chi connectivity index (χ1v) is 2.89. The van der Waals surface area contributed by atoms with E-state index in [1.807, 2.05) is 0 Å². The van der Waals surface area contributed by atoms with Crippen molar-refractivity contribution >= 4 is 11.9 Å². The molecule has 1 rings (SSSR count). The first-order chi connectivity index (χ1) is 5.65. The Morgan fingerprint density at radius 2 is 2.00 bits per heavy atom. The van der Waals surface area contributed by atoms with Crippen LogP contribution in [0.15, 0.2) is 16.5 Å². The lowest BCUT2D eigenvalue weighted by molar-refractivity contribution is 0.0461. The molecule has 0 saturated heterocycles. The van der Waals surface area contributed by atoms with E-state index in [4.69, 9.17) is 5.11 Å². The van der Waals surface area contributed by atoms with Gasteiger partial charge in [0.05, 0.1) is 0 Å². The van der Waals surface area contributed by atoms with Crippen molar-refractivity contribution in [3.8, 4) is 0 Å². The van der Waals surface area contributed by atoms with Gasteiger partial charge in [-0.3, -0.25) is 0 Å². The summed E-state index contributed by atoms with van der Waals surface area (Å²) in [5, 5.41) is 8.38. The highest BCUT2D eigenvalue weighted by atomic mass is 16.7. The number of carboxylic acid groups (broad SMARTS) is 1. The quantitative estimate of drug-likeness (QED) is 0.607. The standard InChI is InChI=1S/C6H5NO5/c7-12-6(10)4-2-1-3(11-4)5(8)9/h1-2H,7H2,(H,8,9). The molecule has 0 amide bonds. The molecule has 0 unspecified atom stereocenters. The Balaban J connectivity index is 2.91. The minimum Gasteiger partial charge on any atom is -0.475 e. The molecule has 1 aromatic heterocycles. The Hall–Kier alpha value is -1.82. The van der Waals surface area contributed by atoms with Crippen LogP contribution in [0.2, 0.25) is 0 Å². The first-order valence-electron chi connectivity index (χ1n) is 2.89. The van der Waals surface area contributed by atoms with E-state index < -0.39 is 11.9 Å². The molecule has 0 fully saturated rings. The Kier molecular flexibility index (Phi) is 2.11. The second-order valence-corrected chi connectivity index (χ2v) is 1.87. The van der Waals surface area contributed by atoms with E-state index in [0.29, 0.717) is 0 Å². The largest absolute Gasteiger partial charge is 0.475 e. The SMILES string of the molecule is NOC(=O)c1ccc(C(=O)O)o1. The number of nitrogens with two attached hydrogens (primary N) is 1. The third kappa shape index (κ3) is 1.43. The molecule has 1 aromatic rings. The van der Waals surface area contributed by atoms with Crippen molar-refractivity contribution in [1.29, 1.82) is 0 Å². The molecule has 0 aromatic carbocycles. The van der Waals surface area contributed by atoms with Gasteiger partial charge >= 0.3 is 11.9 Å². The third-order valence-corrected chi connectivity index (χ3v) is 1.13. The van der Waals surface area contributed by atoms with Crippen molar-refractivity contribution in [3.05, 3.63) is 23.7 Å². The van der Waals surface area contributed by atoms with E-state index in [2.05, 4.69) is 15.2 Å². The number of carbonyl (C=O) groups is 2. The van der Waals surface area contributed by atoms with E-state index in [1.165, 1.54) is 6.07 Å². The second kappa shape index (κ2) is 3.05. The van der Waals surface area contributed by atoms with Crippen molar-refractivity contribution in [2.24, 2.45) is 5.90 Å². The Morgan fingerprint density at radius 3 is 2.42 bits per heavy atom. The summed E-state index contributed by atoms with van der Waals surface area (Å²) in [4.78, 5) is 24.7. The van der Waals surface area contributed by atoms with Gasteiger partial charge in [0.2, 0.25) is 11.5 Å². The zero-order valence-corrected chi connectivity index (χ0v) is 5.81. The minimum absolute atomic E-state index is 0.241. The molecule has 0 radical (unpaired) electrons. The van der Waals surface area contributed by atoms with E-state index in [-0.39, 0.29) is 11.5 Å². The van der Waals surface area contributed by atoms with Crippen LogP contribution < -0.4 is 5.90 Å². The van der Waals surface area contributed by atoms with E-state index in [0.717, 1.165) is 6.07 Å². The molecule has 0 atom stereocenters. The lowest BCUT2D eigenvalue weighted by atomic mass is 10.4. The zero-order chi connectivity index (χ0) is 9.14. The van der Waals surface area contributed by atoms with Crippen LogP contribution in [0.1, 0.15) is 21.1 Å². The molecular weight excluding hydrogens is 166 g/mol. The molecular formula is C6H5NO5. The Morgan fingerprint density at radius 1 is 1.42 bits per heavy atom. The highest BCUT2D eigenvalue weighted by Gasteiger charge is 2.14. The maximum Gasteiger partial charge on any atom is 0.392 e. The molecule has 0 bridgehead atoms. The van der Waals surface area contributed by atoms with Crippen LogP contribution in [0.5, 0.6) is 0 Å². The van der Waals surface area contributed by atoms with Crippen LogP contribution in [0.3, 0.4) is 0 Å². The van der Waals surface area contributed by atoms with Gasteiger partial charge in [-0.15, -0.1) is 0 Å². The molecule has 0 aliphatic heterocycles. The molecule has 64 valence electrons. The van der Waals surface area contributed by atoms with Crippen molar-refractivity contribution in [2.45, 2.75) is 0 Å². The number of hydrogen-bond acceptors (Lipinski definition) is 5. The fourth-order valence-electron chi connectivity index (χ4n) is 0.621. The van der Waals surface area contributed by atoms with Gasteiger partial charge in [0.25, 0.3) is 0 Å². The molecule has 1 heterocycles. The fraction of sp³-hybridized carbons (Fsp3) is 0. The molecule has 12 heavy (non-hydrogen) atoms. The maximum absolute atomic E-state index is 10.6. The minimum atomic E-state index is -1.26. The van der Waals surface area contributed by atoms with E-state index in [9.17, 15) is 9.59 Å². The first kappa shape index (κ1) is 8.28. The molecule has 6 heteroatoms. The van der Waals surface area contributed by atoms with Crippen LogP contribution in [0.25, 0.3) is 0 Å². The maximum atomic E-state index is 10.6. The van der Waals surface area contributed by atoms with Crippen molar-refractivity contribution in [3.63, 3.8) is 0 Å². The van der Waals surface area contributed by atoms with Gasteiger partial charge in [0.15, 0.2) is 0 Å². The normalized spacial score (nSPS) is 9.42. The monoisotopic (exact) mass is 171 g/mol. The van der Waals surface area contributed by atoms with Gasteiger partial charge < -0.3 is 14.4 Å². The number of hydrogen-bond donors (Lipinski definition) is 2. The lowest BCUT2D eigenvalue weighted by Gasteiger charge is -1.90. The van der Waals surface area contributed by atoms with Gasteiger partial charge in [0.1, 0.15) is 0 Å². The number of rotatable bonds is 2. The smallest absolute Gasteiger partial charge is 0.392 e. The van der Waals surface area contributed by atoms with E-state index in [1.54, 1.807) is 0 Å². The third-order valence-electron chi connectivity index (χ3n) is 1.13. The summed E-state index contributed by atoms with van der Waals surface area (Å²) in [5.74, 6) is 1.78. The molecule has 0 saturated carbocycles.